The topological polar surface area (TPSA) is 35.5 Å². The van der Waals surface area contributed by atoms with E-state index >= 15 is 0 Å². The first-order valence-corrected chi connectivity index (χ1v) is 8.79. The maximum atomic E-state index is 10.3. The van der Waals surface area contributed by atoms with Crippen LogP contribution in [0, 0.1) is 11.8 Å². The highest BCUT2D eigenvalue weighted by Crippen LogP contribution is 2.26. The Hall–Kier alpha value is -0.120. The van der Waals surface area contributed by atoms with E-state index in [9.17, 15) is 5.11 Å². The zero-order valence-corrected chi connectivity index (χ0v) is 13.5. The molecule has 1 aliphatic heterocycles. The Kier molecular flexibility index (Phi) is 6.79. The van der Waals surface area contributed by atoms with Crippen molar-refractivity contribution in [1.29, 1.82) is 0 Å². The van der Waals surface area contributed by atoms with Crippen LogP contribution in [0.25, 0.3) is 0 Å². The molecule has 2 rings (SSSR count). The maximum absolute atomic E-state index is 10.3. The first-order valence-electron chi connectivity index (χ1n) is 8.79. The molecule has 0 aromatic carbocycles. The second-order valence-corrected chi connectivity index (χ2v) is 7.30. The molecule has 1 aliphatic carbocycles. The van der Waals surface area contributed by atoms with E-state index in [1.54, 1.807) is 0 Å². The van der Waals surface area contributed by atoms with Gasteiger partial charge in [-0.15, -0.1) is 0 Å². The predicted molar refractivity (Wildman–Crippen MR) is 84.9 cm³/mol. The summed E-state index contributed by atoms with van der Waals surface area (Å²) in [7, 11) is 0. The Morgan fingerprint density at radius 3 is 2.45 bits per heavy atom. The van der Waals surface area contributed by atoms with Crippen LogP contribution in [0.4, 0.5) is 0 Å². The summed E-state index contributed by atoms with van der Waals surface area (Å²) in [5.74, 6) is 1.59. The van der Waals surface area contributed by atoms with Gasteiger partial charge in [0.05, 0.1) is 6.10 Å². The van der Waals surface area contributed by atoms with Crippen LogP contribution in [-0.4, -0.2) is 48.3 Å². The summed E-state index contributed by atoms with van der Waals surface area (Å²) in [6, 6.07) is 0.446. The van der Waals surface area contributed by atoms with Crippen molar-refractivity contribution in [3.05, 3.63) is 0 Å². The fourth-order valence-corrected chi connectivity index (χ4v) is 3.76. The highest BCUT2D eigenvalue weighted by Gasteiger charge is 2.30. The van der Waals surface area contributed by atoms with Gasteiger partial charge in [0, 0.05) is 6.04 Å². The predicted octanol–water partition coefficient (Wildman–Crippen LogP) is 2.64. The minimum absolute atomic E-state index is 0.0758. The van der Waals surface area contributed by atoms with Crippen LogP contribution in [0.5, 0.6) is 0 Å². The van der Waals surface area contributed by atoms with Gasteiger partial charge < -0.3 is 10.4 Å². The molecule has 20 heavy (non-hydrogen) atoms. The van der Waals surface area contributed by atoms with E-state index in [0.29, 0.717) is 6.04 Å². The van der Waals surface area contributed by atoms with Gasteiger partial charge in [-0.1, -0.05) is 33.1 Å². The number of aliphatic hydroxyl groups excluding tert-OH is 1. The lowest BCUT2D eigenvalue weighted by Gasteiger charge is -2.39. The van der Waals surface area contributed by atoms with E-state index in [4.69, 9.17) is 0 Å². The quantitative estimate of drug-likeness (QED) is 0.761. The smallest absolute Gasteiger partial charge is 0.0695 e. The highest BCUT2D eigenvalue weighted by molar-refractivity contribution is 4.85. The lowest BCUT2D eigenvalue weighted by atomic mass is 9.93. The van der Waals surface area contributed by atoms with Gasteiger partial charge in [-0.25, -0.2) is 0 Å². The van der Waals surface area contributed by atoms with Gasteiger partial charge in [0.25, 0.3) is 0 Å². The average Bonchev–Trinajstić information content (AvgIpc) is 2.64. The molecule has 0 aromatic heterocycles. The molecule has 0 bridgehead atoms. The molecule has 2 aliphatic rings. The number of piperidine rings is 1. The zero-order valence-electron chi connectivity index (χ0n) is 13.5. The van der Waals surface area contributed by atoms with Crippen molar-refractivity contribution < 1.29 is 5.11 Å². The van der Waals surface area contributed by atoms with Crippen LogP contribution >= 0.6 is 0 Å². The molecule has 0 radical (unpaired) electrons. The van der Waals surface area contributed by atoms with Gasteiger partial charge in [-0.3, -0.25) is 4.90 Å². The summed E-state index contributed by atoms with van der Waals surface area (Å²) in [6.45, 7) is 9.23. The van der Waals surface area contributed by atoms with Gasteiger partial charge in [-0.05, 0) is 63.7 Å². The molecule has 3 nitrogen and oxygen atoms in total. The molecule has 2 fully saturated rings. The first kappa shape index (κ1) is 16.3. The van der Waals surface area contributed by atoms with Crippen LogP contribution in [0.3, 0.4) is 0 Å². The summed E-state index contributed by atoms with van der Waals surface area (Å²) in [5.41, 5.74) is 0. The Balaban J connectivity index is 1.70. The van der Waals surface area contributed by atoms with Crippen molar-refractivity contribution >= 4 is 0 Å². The number of nitrogens with one attached hydrogen (secondary N) is 1. The summed E-state index contributed by atoms with van der Waals surface area (Å²) < 4.78 is 0. The summed E-state index contributed by atoms with van der Waals surface area (Å²) >= 11 is 0. The maximum Gasteiger partial charge on any atom is 0.0695 e. The number of rotatable bonds is 5. The first-order chi connectivity index (χ1) is 9.66. The van der Waals surface area contributed by atoms with Crippen molar-refractivity contribution in [2.75, 3.05) is 26.2 Å². The normalized spacial score (nSPS) is 30.6. The molecule has 3 heteroatoms. The Bertz CT molecular complexity index is 262. The fourth-order valence-electron chi connectivity index (χ4n) is 3.76. The Morgan fingerprint density at radius 2 is 1.75 bits per heavy atom. The molecule has 2 unspecified atom stereocenters. The largest absolute Gasteiger partial charge is 0.391 e. The molecule has 118 valence electrons. The number of aliphatic hydroxyl groups is 1. The molecule has 0 amide bonds. The standard InChI is InChI=1S/C17H34N2O/c1-14(2)12-18-13-15-8-10-19(11-9-15)16-6-4-3-5-7-17(16)20/h14-18,20H,3-13H2,1-2H3. The van der Waals surface area contributed by atoms with Crippen LogP contribution in [-0.2, 0) is 0 Å². The SMILES string of the molecule is CC(C)CNCC1CCN(C2CCCCCC2O)CC1. The van der Waals surface area contributed by atoms with E-state index in [1.165, 1.54) is 58.2 Å². The highest BCUT2D eigenvalue weighted by atomic mass is 16.3. The van der Waals surface area contributed by atoms with E-state index in [1.807, 2.05) is 0 Å². The monoisotopic (exact) mass is 282 g/mol. The van der Waals surface area contributed by atoms with E-state index < -0.39 is 0 Å². The third-order valence-corrected chi connectivity index (χ3v) is 5.05. The molecular formula is C17H34N2O. The van der Waals surface area contributed by atoms with Crippen molar-refractivity contribution in [3.8, 4) is 0 Å². The minimum atomic E-state index is -0.0758. The lowest BCUT2D eigenvalue weighted by molar-refractivity contribution is 0.0251. The summed E-state index contributed by atoms with van der Waals surface area (Å²) in [5, 5.41) is 13.9. The van der Waals surface area contributed by atoms with Crippen LogP contribution in [0.15, 0.2) is 0 Å². The van der Waals surface area contributed by atoms with Gasteiger partial charge in [0.1, 0.15) is 0 Å². The van der Waals surface area contributed by atoms with Crippen molar-refractivity contribution in [2.24, 2.45) is 11.8 Å². The molecule has 1 saturated heterocycles. The average molecular weight is 282 g/mol. The van der Waals surface area contributed by atoms with E-state index in [0.717, 1.165) is 24.8 Å². The second kappa shape index (κ2) is 8.35. The Labute approximate surface area is 125 Å². The molecule has 0 aromatic rings. The number of nitrogens with zero attached hydrogens (tertiary/aromatic N) is 1. The third-order valence-electron chi connectivity index (χ3n) is 5.05. The minimum Gasteiger partial charge on any atom is -0.391 e. The summed E-state index contributed by atoms with van der Waals surface area (Å²) in [6.07, 6.45) is 8.57. The number of likely N-dealkylation sites (tertiary alicyclic amines) is 1. The molecular weight excluding hydrogens is 248 g/mol. The lowest BCUT2D eigenvalue weighted by Crippen LogP contribution is -2.48. The van der Waals surface area contributed by atoms with Gasteiger partial charge >= 0.3 is 0 Å². The van der Waals surface area contributed by atoms with Crippen molar-refractivity contribution in [2.45, 2.75) is 70.9 Å². The fraction of sp³-hybridized carbons (Fsp3) is 1.00. The molecule has 1 heterocycles. The van der Waals surface area contributed by atoms with Gasteiger partial charge in [0.2, 0.25) is 0 Å². The molecule has 0 spiro atoms. The van der Waals surface area contributed by atoms with Crippen LogP contribution < -0.4 is 5.32 Å². The van der Waals surface area contributed by atoms with Crippen LogP contribution in [0.2, 0.25) is 0 Å². The van der Waals surface area contributed by atoms with E-state index in [-0.39, 0.29) is 6.10 Å². The second-order valence-electron chi connectivity index (χ2n) is 7.30. The van der Waals surface area contributed by atoms with Gasteiger partial charge in [0.15, 0.2) is 0 Å². The molecule has 2 atom stereocenters. The third kappa shape index (κ3) is 5.01. The van der Waals surface area contributed by atoms with E-state index in [2.05, 4.69) is 24.1 Å². The molecule has 1 saturated carbocycles. The number of hydrogen-bond acceptors (Lipinski definition) is 3. The van der Waals surface area contributed by atoms with Gasteiger partial charge in [-0.2, -0.15) is 0 Å². The zero-order chi connectivity index (χ0) is 14.4. The van der Waals surface area contributed by atoms with Crippen molar-refractivity contribution in [1.82, 2.24) is 10.2 Å². The van der Waals surface area contributed by atoms with Crippen LogP contribution in [0.1, 0.15) is 58.8 Å². The van der Waals surface area contributed by atoms with Crippen molar-refractivity contribution in [3.63, 3.8) is 0 Å². The number of hydrogen-bond donors (Lipinski definition) is 2. The molecule has 2 N–H and O–H groups in total. The summed E-state index contributed by atoms with van der Waals surface area (Å²) in [4.78, 5) is 2.58. The Morgan fingerprint density at radius 1 is 1.05 bits per heavy atom.